The average molecular weight is 454 g/mol. The van der Waals surface area contributed by atoms with Gasteiger partial charge in [-0.2, -0.15) is 0 Å². The first kappa shape index (κ1) is 22.3. The number of H-pyrrole nitrogens is 1. The van der Waals surface area contributed by atoms with Crippen LogP contribution in [0.4, 0.5) is 11.5 Å². The highest BCUT2D eigenvalue weighted by Gasteiger charge is 2.31. The Morgan fingerprint density at radius 1 is 1.18 bits per heavy atom. The fraction of sp³-hybridized carbons (Fsp3) is 0.0833. The molecule has 0 fully saturated rings. The van der Waals surface area contributed by atoms with Crippen molar-refractivity contribution in [3.63, 3.8) is 0 Å². The predicted octanol–water partition coefficient (Wildman–Crippen LogP) is 3.33. The number of esters is 1. The molecule has 34 heavy (non-hydrogen) atoms. The van der Waals surface area contributed by atoms with Crippen molar-refractivity contribution in [3.05, 3.63) is 88.5 Å². The first-order chi connectivity index (χ1) is 16.5. The van der Waals surface area contributed by atoms with Gasteiger partial charge in [-0.3, -0.25) is 10.2 Å². The molecule has 0 amide bonds. The summed E-state index contributed by atoms with van der Waals surface area (Å²) in [5, 5.41) is 18.7. The Hall–Kier alpha value is -4.95. The molecule has 4 aromatic rings. The summed E-state index contributed by atoms with van der Waals surface area (Å²) in [7, 11) is 0. The van der Waals surface area contributed by atoms with Crippen molar-refractivity contribution in [2.45, 2.75) is 6.92 Å². The Kier molecular flexibility index (Phi) is 6.33. The summed E-state index contributed by atoms with van der Waals surface area (Å²) in [4.78, 5) is 30.2. The van der Waals surface area contributed by atoms with Crippen LogP contribution in [0.1, 0.15) is 23.1 Å². The minimum absolute atomic E-state index is 0.0170. The number of pyridine rings is 1. The van der Waals surface area contributed by atoms with Crippen molar-refractivity contribution in [2.75, 3.05) is 12.3 Å². The van der Waals surface area contributed by atoms with Crippen LogP contribution < -0.4 is 16.0 Å². The number of carbonyl (C=O) groups is 1. The maximum Gasteiger partial charge on any atom is 0.407 e. The number of para-hydroxylation sites is 1. The summed E-state index contributed by atoms with van der Waals surface area (Å²) in [6, 6.07) is 19.2. The lowest BCUT2D eigenvalue weighted by Crippen LogP contribution is -2.47. The third kappa shape index (κ3) is 4.34. The Bertz CT molecular complexity index is 1510. The van der Waals surface area contributed by atoms with Crippen LogP contribution in [0.15, 0.2) is 81.8 Å². The number of fused-ring (bicyclic) bond motifs is 1. The number of hydrogen-bond acceptors (Lipinski definition) is 8. The maximum absolute atomic E-state index is 13.0. The normalized spacial score (nSPS) is 10.9. The summed E-state index contributed by atoms with van der Waals surface area (Å²) in [5.74, 6) is 1.39. The number of aromatic nitrogens is 3. The largest absolute Gasteiger partial charge is 0.458 e. The first-order valence-electron chi connectivity index (χ1n) is 10.3. The Balaban J connectivity index is 1.98. The zero-order valence-corrected chi connectivity index (χ0v) is 18.1. The van der Waals surface area contributed by atoms with E-state index in [0.29, 0.717) is 11.4 Å². The molecule has 168 valence electrons. The van der Waals surface area contributed by atoms with E-state index in [2.05, 4.69) is 26.2 Å². The Morgan fingerprint density at radius 3 is 2.50 bits per heavy atom. The van der Waals surface area contributed by atoms with Crippen LogP contribution in [0, 0.1) is 5.41 Å². The van der Waals surface area contributed by atoms with E-state index in [4.69, 9.17) is 15.9 Å². The highest BCUT2D eigenvalue weighted by atomic mass is 16.5. The van der Waals surface area contributed by atoms with Gasteiger partial charge in [0.1, 0.15) is 16.9 Å². The third-order valence-corrected chi connectivity index (χ3v) is 4.83. The van der Waals surface area contributed by atoms with Gasteiger partial charge in [-0.25, -0.2) is 9.78 Å². The van der Waals surface area contributed by atoms with E-state index in [9.17, 15) is 9.59 Å². The topological polar surface area (TPSA) is 151 Å². The van der Waals surface area contributed by atoms with Crippen LogP contribution in [0.2, 0.25) is 0 Å². The van der Waals surface area contributed by atoms with Crippen LogP contribution >= 0.6 is 0 Å². The number of nitrogen functional groups attached to an aromatic ring is 1. The second kappa shape index (κ2) is 9.68. The Labute approximate surface area is 193 Å². The molecule has 0 saturated heterocycles. The van der Waals surface area contributed by atoms with Crippen molar-refractivity contribution in [2.24, 2.45) is 10.2 Å². The second-order valence-electron chi connectivity index (χ2n) is 7.01. The molecule has 2 aromatic heterocycles. The summed E-state index contributed by atoms with van der Waals surface area (Å²) in [5.41, 5.74) is 6.81. The van der Waals surface area contributed by atoms with Gasteiger partial charge in [0.15, 0.2) is 5.70 Å². The van der Waals surface area contributed by atoms with Gasteiger partial charge in [-0.1, -0.05) is 41.1 Å². The summed E-state index contributed by atoms with van der Waals surface area (Å²) < 4.78 is 6.60. The number of nitrogens with one attached hydrogen (secondary N) is 2. The van der Waals surface area contributed by atoms with E-state index in [1.165, 1.54) is 10.7 Å². The van der Waals surface area contributed by atoms with Crippen molar-refractivity contribution in [1.29, 1.82) is 5.41 Å². The summed E-state index contributed by atoms with van der Waals surface area (Å²) >= 11 is 0. The molecule has 0 unspecified atom stereocenters. The molecule has 0 aliphatic heterocycles. The number of ether oxygens (including phenoxy) is 1. The maximum atomic E-state index is 13.0. The van der Waals surface area contributed by atoms with Gasteiger partial charge in [0.05, 0.1) is 17.7 Å². The minimum Gasteiger partial charge on any atom is -0.458 e. The number of anilines is 1. The van der Waals surface area contributed by atoms with E-state index >= 15 is 0 Å². The van der Waals surface area contributed by atoms with E-state index in [-0.39, 0.29) is 40.3 Å². The lowest BCUT2D eigenvalue weighted by molar-refractivity contribution is -0.662. The average Bonchev–Trinajstić information content (AvgIpc) is 2.85. The first-order valence-corrected chi connectivity index (χ1v) is 10.3. The molecule has 0 atom stereocenters. The second-order valence-corrected chi connectivity index (χ2v) is 7.01. The number of nitrogens with zero attached hydrogens (tertiary/aromatic N) is 4. The van der Waals surface area contributed by atoms with Crippen LogP contribution in [-0.2, 0) is 4.74 Å². The zero-order chi connectivity index (χ0) is 24.1. The molecule has 4 rings (SSSR count). The van der Waals surface area contributed by atoms with Gasteiger partial charge in [0.2, 0.25) is 5.69 Å². The van der Waals surface area contributed by atoms with Gasteiger partial charge in [-0.15, -0.1) is 15.3 Å². The van der Waals surface area contributed by atoms with Crippen molar-refractivity contribution >= 4 is 39.8 Å². The number of aromatic amines is 1. The van der Waals surface area contributed by atoms with Gasteiger partial charge < -0.3 is 10.5 Å². The number of rotatable bonds is 6. The number of azo groups is 1. The quantitative estimate of drug-likeness (QED) is 0.177. The van der Waals surface area contributed by atoms with E-state index < -0.39 is 11.5 Å². The van der Waals surface area contributed by atoms with E-state index in [0.717, 1.165) is 0 Å². The molecule has 10 nitrogen and oxygen atoms in total. The van der Waals surface area contributed by atoms with Crippen molar-refractivity contribution in [1.82, 2.24) is 10.1 Å². The molecule has 10 heteroatoms. The number of benzene rings is 2. The number of nitrogens with two attached hydrogens (primary N) is 1. The van der Waals surface area contributed by atoms with E-state index in [1.807, 2.05) is 12.1 Å². The minimum atomic E-state index is -0.671. The molecule has 0 saturated carbocycles. The summed E-state index contributed by atoms with van der Waals surface area (Å²) in [6.07, 6.45) is 0. The van der Waals surface area contributed by atoms with Crippen molar-refractivity contribution < 1.29 is 14.2 Å². The highest BCUT2D eigenvalue weighted by molar-refractivity contribution is 6.05. The van der Waals surface area contributed by atoms with Crippen LogP contribution in [0.5, 0.6) is 0 Å². The lowest BCUT2D eigenvalue weighted by atomic mass is 10.1. The molecule has 0 aliphatic rings. The third-order valence-electron chi connectivity index (χ3n) is 4.83. The van der Waals surface area contributed by atoms with Gasteiger partial charge in [0.25, 0.3) is 0 Å². The monoisotopic (exact) mass is 454 g/mol. The molecular weight excluding hydrogens is 434 g/mol. The molecule has 2 aromatic carbocycles. The standard InChI is InChI=1S/C24H19N7O3/c1-2-34-24(33)21-17-13-18(19(14-25)29-28-15-9-5-3-6-10-15)27-22(26)20(17)23(32)30-31(21)16-11-7-4-8-12-16/h3-13,25H,2H2,1H3,(H2-,26,27,30,32,33)/p+1. The smallest absolute Gasteiger partial charge is 0.407 e. The van der Waals surface area contributed by atoms with Crippen LogP contribution in [0.25, 0.3) is 22.2 Å². The fourth-order valence-electron chi connectivity index (χ4n) is 3.36. The van der Waals surface area contributed by atoms with Gasteiger partial charge in [-0.05, 0) is 25.1 Å². The molecular formula is C24H20N7O3+. The molecule has 0 bridgehead atoms. The SMILES string of the molecule is CCOC(=O)c1c2cc(C(=C=N)N=Nc3ccccc3)nc(N)c2c(=O)[nH][n+]1-c1ccccc1. The predicted molar refractivity (Wildman–Crippen MR) is 126 cm³/mol. The molecule has 2 heterocycles. The fourth-order valence-corrected chi connectivity index (χ4v) is 3.36. The van der Waals surface area contributed by atoms with Gasteiger partial charge >= 0.3 is 17.2 Å². The zero-order valence-electron chi connectivity index (χ0n) is 18.1. The van der Waals surface area contributed by atoms with Crippen molar-refractivity contribution in [3.8, 4) is 5.69 Å². The number of hydrogen-bond donors (Lipinski definition) is 3. The summed E-state index contributed by atoms with van der Waals surface area (Å²) in [6.45, 7) is 1.80. The van der Waals surface area contributed by atoms with Crippen LogP contribution in [0.3, 0.4) is 0 Å². The molecule has 0 aliphatic carbocycles. The van der Waals surface area contributed by atoms with Gasteiger partial charge in [0, 0.05) is 18.0 Å². The molecule has 0 radical (unpaired) electrons. The lowest BCUT2D eigenvalue weighted by Gasteiger charge is -2.08. The highest BCUT2D eigenvalue weighted by Crippen LogP contribution is 2.24. The van der Waals surface area contributed by atoms with Crippen LogP contribution in [-0.4, -0.2) is 28.5 Å². The molecule has 0 spiro atoms. The Morgan fingerprint density at radius 2 is 1.85 bits per heavy atom. The number of carbonyl (C=O) groups excluding carboxylic acids is 1. The van der Waals surface area contributed by atoms with E-state index in [1.54, 1.807) is 55.5 Å². The molecule has 4 N–H and O–H groups in total.